The van der Waals surface area contributed by atoms with Crippen LogP contribution in [0.5, 0.6) is 0 Å². The number of nitrogens with zero attached hydrogens (tertiary/aromatic N) is 1. The second kappa shape index (κ2) is 5.25. The third kappa shape index (κ3) is 3.25. The Morgan fingerprint density at radius 1 is 1.53 bits per heavy atom. The molecule has 0 aliphatic rings. The molecule has 0 atom stereocenters. The van der Waals surface area contributed by atoms with Crippen molar-refractivity contribution < 1.29 is 0 Å². The van der Waals surface area contributed by atoms with Crippen LogP contribution in [-0.2, 0) is 6.54 Å². The van der Waals surface area contributed by atoms with Crippen LogP contribution in [0.15, 0.2) is 27.7 Å². The standard InChI is InChI=1S/C12H15N3OS/c1-8(2)13-6-10-5-11(16)15-12(14-10)9-3-4-17-7-9/h3-5,7-8,13H,6H2,1-2H3,(H,14,15,16). The Kier molecular flexibility index (Phi) is 3.71. The lowest BCUT2D eigenvalue weighted by atomic mass is 10.3. The number of H-pyrrole nitrogens is 1. The van der Waals surface area contributed by atoms with Gasteiger partial charge in [0.25, 0.3) is 5.56 Å². The minimum Gasteiger partial charge on any atom is -0.309 e. The minimum absolute atomic E-state index is 0.109. The average Bonchev–Trinajstić information content (AvgIpc) is 2.79. The van der Waals surface area contributed by atoms with Crippen LogP contribution in [0.2, 0.25) is 0 Å². The fourth-order valence-corrected chi connectivity index (χ4v) is 2.08. The zero-order chi connectivity index (χ0) is 12.3. The molecule has 0 aliphatic heterocycles. The molecule has 0 saturated heterocycles. The van der Waals surface area contributed by atoms with Crippen LogP contribution in [0.25, 0.3) is 11.4 Å². The molecule has 90 valence electrons. The summed E-state index contributed by atoms with van der Waals surface area (Å²) in [5, 5.41) is 7.19. The van der Waals surface area contributed by atoms with Gasteiger partial charge in [0.1, 0.15) is 5.82 Å². The summed E-state index contributed by atoms with van der Waals surface area (Å²) in [6.07, 6.45) is 0. The van der Waals surface area contributed by atoms with Crippen molar-refractivity contribution in [2.45, 2.75) is 26.4 Å². The Balaban J connectivity index is 2.27. The lowest BCUT2D eigenvalue weighted by Crippen LogP contribution is -2.24. The van der Waals surface area contributed by atoms with Crippen LogP contribution in [0.3, 0.4) is 0 Å². The van der Waals surface area contributed by atoms with E-state index in [1.807, 2.05) is 16.8 Å². The van der Waals surface area contributed by atoms with Crippen LogP contribution in [0.4, 0.5) is 0 Å². The van der Waals surface area contributed by atoms with Gasteiger partial charge in [0, 0.05) is 29.6 Å². The van der Waals surface area contributed by atoms with E-state index in [2.05, 4.69) is 29.1 Å². The smallest absolute Gasteiger partial charge is 0.251 e. The highest BCUT2D eigenvalue weighted by Crippen LogP contribution is 2.16. The second-order valence-corrected chi connectivity index (χ2v) is 4.91. The molecule has 17 heavy (non-hydrogen) atoms. The monoisotopic (exact) mass is 249 g/mol. The molecular weight excluding hydrogens is 234 g/mol. The molecule has 0 spiro atoms. The summed E-state index contributed by atoms with van der Waals surface area (Å²) in [5.74, 6) is 0.638. The first-order valence-electron chi connectivity index (χ1n) is 5.51. The molecule has 0 bridgehead atoms. The van der Waals surface area contributed by atoms with Crippen molar-refractivity contribution in [2.75, 3.05) is 0 Å². The summed E-state index contributed by atoms with van der Waals surface area (Å²) >= 11 is 1.59. The summed E-state index contributed by atoms with van der Waals surface area (Å²) in [6, 6.07) is 3.86. The van der Waals surface area contributed by atoms with Gasteiger partial charge >= 0.3 is 0 Å². The van der Waals surface area contributed by atoms with Gasteiger partial charge in [-0.15, -0.1) is 0 Å². The van der Waals surface area contributed by atoms with Crippen molar-refractivity contribution in [1.82, 2.24) is 15.3 Å². The fraction of sp³-hybridized carbons (Fsp3) is 0.333. The number of thiophene rings is 1. The average molecular weight is 249 g/mol. The van der Waals surface area contributed by atoms with Gasteiger partial charge in [-0.2, -0.15) is 11.3 Å². The summed E-state index contributed by atoms with van der Waals surface area (Å²) in [5.41, 5.74) is 1.61. The predicted molar refractivity (Wildman–Crippen MR) is 70.1 cm³/mol. The number of hydrogen-bond donors (Lipinski definition) is 2. The van der Waals surface area contributed by atoms with E-state index >= 15 is 0 Å². The third-order valence-electron chi connectivity index (χ3n) is 2.28. The van der Waals surface area contributed by atoms with Crippen molar-refractivity contribution in [1.29, 1.82) is 0 Å². The van der Waals surface area contributed by atoms with Gasteiger partial charge in [0.05, 0.1) is 5.69 Å². The minimum atomic E-state index is -0.109. The first kappa shape index (κ1) is 12.0. The maximum absolute atomic E-state index is 11.5. The van der Waals surface area contributed by atoms with E-state index in [1.165, 1.54) is 6.07 Å². The van der Waals surface area contributed by atoms with Gasteiger partial charge < -0.3 is 10.3 Å². The summed E-state index contributed by atoms with van der Waals surface area (Å²) < 4.78 is 0. The van der Waals surface area contributed by atoms with Gasteiger partial charge in [0.2, 0.25) is 0 Å². The van der Waals surface area contributed by atoms with E-state index in [0.29, 0.717) is 18.4 Å². The van der Waals surface area contributed by atoms with Crippen LogP contribution in [0, 0.1) is 0 Å². The largest absolute Gasteiger partial charge is 0.309 e. The summed E-state index contributed by atoms with van der Waals surface area (Å²) in [4.78, 5) is 18.7. The molecule has 0 aromatic carbocycles. The maximum atomic E-state index is 11.5. The van der Waals surface area contributed by atoms with E-state index < -0.39 is 0 Å². The molecule has 2 rings (SSSR count). The van der Waals surface area contributed by atoms with E-state index in [-0.39, 0.29) is 5.56 Å². The molecule has 2 heterocycles. The molecule has 2 N–H and O–H groups in total. The van der Waals surface area contributed by atoms with E-state index in [1.54, 1.807) is 11.3 Å². The Hall–Kier alpha value is -1.46. The highest BCUT2D eigenvalue weighted by molar-refractivity contribution is 7.08. The third-order valence-corrected chi connectivity index (χ3v) is 2.96. The SMILES string of the molecule is CC(C)NCc1cc(=O)[nH]c(-c2ccsc2)n1. The van der Waals surface area contributed by atoms with Crippen molar-refractivity contribution >= 4 is 11.3 Å². The lowest BCUT2D eigenvalue weighted by molar-refractivity contribution is 0.580. The van der Waals surface area contributed by atoms with Crippen LogP contribution < -0.4 is 10.9 Å². The van der Waals surface area contributed by atoms with Crippen LogP contribution >= 0.6 is 11.3 Å². The number of aromatic amines is 1. The molecule has 0 fully saturated rings. The zero-order valence-electron chi connectivity index (χ0n) is 9.86. The summed E-state index contributed by atoms with van der Waals surface area (Å²) in [6.45, 7) is 4.73. The predicted octanol–water partition coefficient (Wildman–Crippen LogP) is 2.00. The lowest BCUT2D eigenvalue weighted by Gasteiger charge is -2.07. The molecular formula is C12H15N3OS. The molecule has 0 aliphatic carbocycles. The molecule has 2 aromatic rings. The van der Waals surface area contributed by atoms with Gasteiger partial charge in [-0.3, -0.25) is 4.79 Å². The van der Waals surface area contributed by atoms with Gasteiger partial charge in [-0.1, -0.05) is 13.8 Å². The fourth-order valence-electron chi connectivity index (χ4n) is 1.44. The van der Waals surface area contributed by atoms with E-state index in [9.17, 15) is 4.79 Å². The van der Waals surface area contributed by atoms with E-state index in [0.717, 1.165) is 11.3 Å². The first-order valence-corrected chi connectivity index (χ1v) is 6.45. The number of rotatable bonds is 4. The van der Waals surface area contributed by atoms with Gasteiger partial charge in [0.15, 0.2) is 0 Å². The van der Waals surface area contributed by atoms with Crippen molar-refractivity contribution in [3.05, 3.63) is 38.9 Å². The Labute approximate surface area is 104 Å². The van der Waals surface area contributed by atoms with Gasteiger partial charge in [-0.05, 0) is 11.4 Å². The Bertz CT molecular complexity index is 531. The molecule has 0 saturated carbocycles. The quantitative estimate of drug-likeness (QED) is 0.871. The molecule has 5 heteroatoms. The molecule has 2 aromatic heterocycles. The number of aromatic nitrogens is 2. The highest BCUT2D eigenvalue weighted by atomic mass is 32.1. The number of nitrogens with one attached hydrogen (secondary N) is 2. The van der Waals surface area contributed by atoms with Crippen LogP contribution in [0.1, 0.15) is 19.5 Å². The zero-order valence-corrected chi connectivity index (χ0v) is 10.7. The summed E-state index contributed by atoms with van der Waals surface area (Å²) in [7, 11) is 0. The normalized spacial score (nSPS) is 11.0. The van der Waals surface area contributed by atoms with Crippen molar-refractivity contribution in [3.8, 4) is 11.4 Å². The maximum Gasteiger partial charge on any atom is 0.251 e. The van der Waals surface area contributed by atoms with Gasteiger partial charge in [-0.25, -0.2) is 4.98 Å². The molecule has 4 nitrogen and oxygen atoms in total. The van der Waals surface area contributed by atoms with Crippen LogP contribution in [-0.4, -0.2) is 16.0 Å². The molecule has 0 radical (unpaired) electrons. The molecule has 0 amide bonds. The topological polar surface area (TPSA) is 57.8 Å². The number of hydrogen-bond acceptors (Lipinski definition) is 4. The second-order valence-electron chi connectivity index (χ2n) is 4.13. The van der Waals surface area contributed by atoms with Crippen molar-refractivity contribution in [3.63, 3.8) is 0 Å². The first-order chi connectivity index (χ1) is 8.15. The van der Waals surface area contributed by atoms with E-state index in [4.69, 9.17) is 0 Å². The van der Waals surface area contributed by atoms with Crippen molar-refractivity contribution in [2.24, 2.45) is 0 Å². The highest BCUT2D eigenvalue weighted by Gasteiger charge is 2.04. The Morgan fingerprint density at radius 2 is 2.35 bits per heavy atom. The Morgan fingerprint density at radius 3 is 3.00 bits per heavy atom. The molecule has 0 unspecified atom stereocenters.